The van der Waals surface area contributed by atoms with Crippen LogP contribution in [0.2, 0.25) is 0 Å². The maximum absolute atomic E-state index is 16.5. The zero-order chi connectivity index (χ0) is 84.3. The molecule has 6 N–H and O–H groups in total. The minimum absolute atomic E-state index is 0.00901. The van der Waals surface area contributed by atoms with Crippen LogP contribution in [0.25, 0.3) is 0 Å². The van der Waals surface area contributed by atoms with Gasteiger partial charge in [0.25, 0.3) is 11.8 Å². The van der Waals surface area contributed by atoms with Gasteiger partial charge >= 0.3 is 23.9 Å². The van der Waals surface area contributed by atoms with Gasteiger partial charge in [-0.05, 0) is 163 Å². The first-order chi connectivity index (χ1) is 56.1. The Morgan fingerprint density at radius 3 is 1.24 bits per heavy atom. The van der Waals surface area contributed by atoms with Crippen LogP contribution < -0.4 is 31.1 Å². The second-order valence-electron chi connectivity index (χ2n) is 32.7. The molecule has 0 spiro atoms. The van der Waals surface area contributed by atoms with E-state index >= 15 is 28.8 Å². The fourth-order valence-electron chi connectivity index (χ4n) is 17.8. The fraction of sp³-hybridized carbons (Fsp3) is 0.426. The number of rotatable bonds is 41. The number of carboxylic acid groups (broad SMARTS) is 2. The Hall–Kier alpha value is -11.6. The van der Waals surface area contributed by atoms with Gasteiger partial charge in [-0.1, -0.05) is 193 Å². The third kappa shape index (κ3) is 21.3. The number of hydrogen-bond acceptors (Lipinski definition) is 15. The highest BCUT2D eigenvalue weighted by molar-refractivity contribution is 6.07. The van der Waals surface area contributed by atoms with E-state index in [1.807, 2.05) is 115 Å². The summed E-state index contributed by atoms with van der Waals surface area (Å²) in [6.45, 7) is 10.9. The third-order valence-electron chi connectivity index (χ3n) is 23.7. The van der Waals surface area contributed by atoms with Crippen molar-refractivity contribution in [3.8, 4) is 0 Å². The molecular weight excluding hydrogens is 1480 g/mol. The van der Waals surface area contributed by atoms with Gasteiger partial charge < -0.3 is 46.0 Å². The van der Waals surface area contributed by atoms with Gasteiger partial charge in [-0.2, -0.15) is 0 Å². The Morgan fingerprint density at radius 1 is 0.427 bits per heavy atom. The number of carbonyl (C=O) groups is 12. The molecule has 8 amide bonds. The fourth-order valence-corrected chi connectivity index (χ4v) is 17.8. The topological polar surface area (TPSA) is 316 Å². The quantitative estimate of drug-likeness (QED) is 0.00897. The molecular formula is C94H112N8O15. The Labute approximate surface area is 686 Å². The number of anilines is 2. The van der Waals surface area contributed by atoms with Crippen LogP contribution in [0.5, 0.6) is 0 Å². The van der Waals surface area contributed by atoms with E-state index in [1.54, 1.807) is 165 Å². The summed E-state index contributed by atoms with van der Waals surface area (Å²) in [5, 5.41) is 35.9. The van der Waals surface area contributed by atoms with Gasteiger partial charge in [0.1, 0.15) is 0 Å². The van der Waals surface area contributed by atoms with Crippen molar-refractivity contribution >= 4 is 82.5 Å². The van der Waals surface area contributed by atoms with Gasteiger partial charge in [0.2, 0.25) is 35.4 Å². The first kappa shape index (κ1) is 87.8. The van der Waals surface area contributed by atoms with Crippen molar-refractivity contribution in [3.05, 3.63) is 239 Å². The summed E-state index contributed by atoms with van der Waals surface area (Å²) >= 11 is 0. The van der Waals surface area contributed by atoms with E-state index in [1.165, 1.54) is 4.90 Å². The largest absolute Gasteiger partial charge is 0.481 e. The summed E-state index contributed by atoms with van der Waals surface area (Å²) in [5.74, 6) is -28.4. The number of nitrogens with one attached hydrogen (secondary N) is 4. The second-order valence-corrected chi connectivity index (χ2v) is 32.7. The summed E-state index contributed by atoms with van der Waals surface area (Å²) in [5.41, 5.74) is 5.21. The summed E-state index contributed by atoms with van der Waals surface area (Å²) in [6.07, 6.45) is -0.753. The molecule has 0 saturated carbocycles. The van der Waals surface area contributed by atoms with Crippen LogP contribution >= 0.6 is 0 Å². The van der Waals surface area contributed by atoms with Crippen molar-refractivity contribution in [1.29, 1.82) is 0 Å². The maximum Gasteiger partial charge on any atom is 0.318 e. The lowest BCUT2D eigenvalue weighted by molar-refractivity contribution is -0.155. The SMILES string of the molecule is CCC(c1ccccc1)C(C(=O)NCCCNC(=O)c1ccc(N(C)C)cc1)C(CC(c1ccccc1)C1C(=O)N(CCCNC(=O)c2ccc(N(C)C)cc2)C(=O)C1CC(c1ccccc1)C1C(=O)N(CC(C)C)C(=O)C1CC(c1ccccc1)C(C(=O)NCC(C)C)C(CC(c1ccccc1)C1C(=O)OC(=O)C1C)C(=O)O)C(=O)O. The number of likely N-dealkylation sites (tertiary alicyclic amines) is 2. The molecule has 15 unspecified atom stereocenters. The molecule has 23 heteroatoms. The van der Waals surface area contributed by atoms with E-state index in [4.69, 9.17) is 4.74 Å². The second kappa shape index (κ2) is 40.8. The predicted octanol–water partition coefficient (Wildman–Crippen LogP) is 12.4. The van der Waals surface area contributed by atoms with Crippen molar-refractivity contribution in [3.63, 3.8) is 0 Å². The molecule has 3 saturated heterocycles. The van der Waals surface area contributed by atoms with E-state index in [2.05, 4.69) is 21.3 Å². The van der Waals surface area contributed by atoms with E-state index in [9.17, 15) is 39.0 Å². The molecule has 3 aliphatic heterocycles. The lowest BCUT2D eigenvalue weighted by Gasteiger charge is -2.37. The summed E-state index contributed by atoms with van der Waals surface area (Å²) in [6, 6.07) is 58.2. The number of carboxylic acids is 2. The standard InChI is InChI=1S/C94H112N8O15/c1-11-69(60-29-17-12-18-30-60)79(85(105)97-48-27-47-95-83(103)65-39-43-67(44-40-65)99(7)8)76(91(111)112)54-73(64-37-25-16-26-38-64)81-74(87(107)101(89(81)109)50-28-49-96-84(104)66-41-45-68(46-42-66)100(9)10)52-72(63-35-23-15-24-36-63)82-75(88(108)102(90(82)110)56-58(4)5)51-71(62-33-21-14-22-34-62)80(86(106)98-55-57(2)3)77(92(113)114)53-70(61-31-19-13-20-32-61)78-59(6)93(115)117-94(78)116/h12-26,29-46,57-59,69-82H,11,27-28,47-56H2,1-10H3,(H,95,103)(H,96,104)(H,97,105)(H,98,106)(H,111,112)(H,113,114). The summed E-state index contributed by atoms with van der Waals surface area (Å²) in [4.78, 5) is 187. The van der Waals surface area contributed by atoms with Crippen LogP contribution in [0.3, 0.4) is 0 Å². The van der Waals surface area contributed by atoms with Crippen molar-refractivity contribution in [2.75, 3.05) is 77.3 Å². The average molecular weight is 1590 g/mol. The van der Waals surface area contributed by atoms with Gasteiger partial charge in [0.15, 0.2) is 0 Å². The van der Waals surface area contributed by atoms with Crippen molar-refractivity contribution in [1.82, 2.24) is 31.1 Å². The third-order valence-corrected chi connectivity index (χ3v) is 23.7. The van der Waals surface area contributed by atoms with Crippen molar-refractivity contribution in [2.45, 2.75) is 116 Å². The van der Waals surface area contributed by atoms with E-state index < -0.39 is 154 Å². The lowest BCUT2D eigenvalue weighted by atomic mass is 9.64. The number of ether oxygens (including phenoxy) is 1. The Balaban J connectivity index is 1.09. The average Bonchev–Trinajstić information content (AvgIpc) is 1.60. The van der Waals surface area contributed by atoms with Crippen molar-refractivity contribution in [2.24, 2.45) is 71.0 Å². The zero-order valence-electron chi connectivity index (χ0n) is 68.6. The monoisotopic (exact) mass is 1590 g/mol. The van der Waals surface area contributed by atoms with Crippen molar-refractivity contribution < 1.29 is 72.5 Å². The van der Waals surface area contributed by atoms with Crippen LogP contribution in [0.15, 0.2) is 200 Å². The van der Waals surface area contributed by atoms with Gasteiger partial charge in [0, 0.05) is 90.0 Å². The van der Waals surface area contributed by atoms with Crippen LogP contribution in [0, 0.1) is 71.0 Å². The lowest BCUT2D eigenvalue weighted by Crippen LogP contribution is -2.44. The van der Waals surface area contributed by atoms with Crippen LogP contribution in [-0.2, 0) is 52.7 Å². The number of hydrogen-bond donors (Lipinski definition) is 6. The number of carbonyl (C=O) groups excluding carboxylic acids is 10. The number of benzene rings is 7. The molecule has 15 atom stereocenters. The van der Waals surface area contributed by atoms with Crippen LogP contribution in [-0.4, -0.2) is 159 Å². The van der Waals surface area contributed by atoms with E-state index in [0.717, 1.165) is 16.3 Å². The Kier molecular flexibility index (Phi) is 30.6. The number of cyclic esters (lactones) is 2. The number of nitrogens with zero attached hydrogens (tertiary/aromatic N) is 4. The summed E-state index contributed by atoms with van der Waals surface area (Å²) < 4.78 is 5.22. The molecule has 3 aliphatic rings. The number of esters is 2. The van der Waals surface area contributed by atoms with Gasteiger partial charge in [0.05, 0.1) is 59.2 Å². The first-order valence-corrected chi connectivity index (χ1v) is 40.9. The van der Waals surface area contributed by atoms with E-state index in [0.29, 0.717) is 45.4 Å². The van der Waals surface area contributed by atoms with Gasteiger partial charge in [-0.25, -0.2) is 0 Å². The molecule has 0 aliphatic carbocycles. The Morgan fingerprint density at radius 2 is 0.812 bits per heavy atom. The highest BCUT2D eigenvalue weighted by Crippen LogP contribution is 2.54. The molecule has 117 heavy (non-hydrogen) atoms. The Bertz CT molecular complexity index is 4590. The molecule has 7 aromatic carbocycles. The minimum atomic E-state index is -1.64. The molecule has 23 nitrogen and oxygen atoms in total. The summed E-state index contributed by atoms with van der Waals surface area (Å²) in [7, 11) is 7.55. The molecule has 0 bridgehead atoms. The first-order valence-electron chi connectivity index (χ1n) is 40.9. The molecule has 3 fully saturated rings. The smallest absolute Gasteiger partial charge is 0.318 e. The molecule has 618 valence electrons. The number of amides is 8. The highest BCUT2D eigenvalue weighted by atomic mass is 16.6. The molecule has 0 aromatic heterocycles. The highest BCUT2D eigenvalue weighted by Gasteiger charge is 2.59. The molecule has 0 radical (unpaired) electrons. The normalized spacial score (nSPS) is 19.7. The van der Waals surface area contributed by atoms with Gasteiger partial charge in [-0.3, -0.25) is 67.3 Å². The minimum Gasteiger partial charge on any atom is -0.481 e. The molecule has 3 heterocycles. The van der Waals surface area contributed by atoms with Crippen LogP contribution in [0.1, 0.15) is 165 Å². The number of imide groups is 2. The van der Waals surface area contributed by atoms with E-state index in [-0.39, 0.29) is 95.5 Å². The molecule has 7 aromatic rings. The molecule has 10 rings (SSSR count). The van der Waals surface area contributed by atoms with Gasteiger partial charge in [-0.15, -0.1) is 0 Å². The number of aliphatic carboxylic acids is 2. The maximum atomic E-state index is 16.5. The zero-order valence-corrected chi connectivity index (χ0v) is 68.6. The predicted molar refractivity (Wildman–Crippen MR) is 446 cm³/mol. The van der Waals surface area contributed by atoms with Crippen LogP contribution in [0.4, 0.5) is 11.4 Å².